The SMILES string of the molecule is CCC1[C@H](N)C(C)CN1C(=O)c1cc(F)c2c(C)c(-c3cc4ccc(-c5ccn6c(C)nnc6c5)cc4n3CC3CC3)nn2c1. The van der Waals surface area contributed by atoms with E-state index in [1.165, 1.54) is 18.9 Å². The molecule has 0 bridgehead atoms. The summed E-state index contributed by atoms with van der Waals surface area (Å²) in [7, 11) is 0. The number of halogens is 1. The molecule has 6 aromatic rings. The Balaban J connectivity index is 1.22. The average molecular weight is 605 g/mol. The molecule has 1 amide bonds. The van der Waals surface area contributed by atoms with Gasteiger partial charge in [-0.3, -0.25) is 9.20 Å². The number of pyridine rings is 2. The summed E-state index contributed by atoms with van der Waals surface area (Å²) in [5.74, 6) is 0.998. The number of carbonyl (C=O) groups excluding carboxylic acids is 1. The fraction of sp³-hybridized carbons (Fsp3) is 0.371. The molecule has 2 unspecified atom stereocenters. The number of fused-ring (bicyclic) bond motifs is 3. The number of likely N-dealkylation sites (tertiary alicyclic amines) is 1. The third-order valence-electron chi connectivity index (χ3n) is 10.0. The maximum Gasteiger partial charge on any atom is 0.255 e. The minimum atomic E-state index is -0.451. The van der Waals surface area contributed by atoms with E-state index in [9.17, 15) is 4.79 Å². The Morgan fingerprint density at radius 2 is 1.87 bits per heavy atom. The van der Waals surface area contributed by atoms with E-state index < -0.39 is 5.82 Å². The van der Waals surface area contributed by atoms with Crippen LogP contribution in [-0.2, 0) is 6.54 Å². The lowest BCUT2D eigenvalue weighted by molar-refractivity contribution is 0.0724. The molecule has 45 heavy (non-hydrogen) atoms. The van der Waals surface area contributed by atoms with E-state index in [1.54, 1.807) is 15.6 Å². The normalized spacial score (nSPS) is 20.3. The zero-order valence-corrected chi connectivity index (χ0v) is 26.0. The highest BCUT2D eigenvalue weighted by atomic mass is 19.1. The lowest BCUT2D eigenvalue weighted by Gasteiger charge is -2.25. The zero-order chi connectivity index (χ0) is 31.1. The lowest BCUT2D eigenvalue weighted by atomic mass is 10.0. The van der Waals surface area contributed by atoms with Crippen molar-refractivity contribution in [3.05, 3.63) is 77.6 Å². The van der Waals surface area contributed by atoms with Gasteiger partial charge in [0.1, 0.15) is 22.9 Å². The van der Waals surface area contributed by atoms with Crippen LogP contribution < -0.4 is 5.73 Å². The number of nitrogens with zero attached hydrogens (tertiary/aromatic N) is 7. The average Bonchev–Trinajstić information content (AvgIpc) is 3.41. The number of benzene rings is 1. The Morgan fingerprint density at radius 3 is 2.64 bits per heavy atom. The molecule has 1 saturated heterocycles. The molecule has 1 saturated carbocycles. The summed E-state index contributed by atoms with van der Waals surface area (Å²) >= 11 is 0. The summed E-state index contributed by atoms with van der Waals surface area (Å²) in [6.07, 6.45) is 6.84. The van der Waals surface area contributed by atoms with Crippen molar-refractivity contribution in [3.8, 4) is 22.5 Å². The van der Waals surface area contributed by atoms with Gasteiger partial charge < -0.3 is 15.2 Å². The molecule has 2 N–H and O–H groups in total. The van der Waals surface area contributed by atoms with Gasteiger partial charge in [-0.2, -0.15) is 5.10 Å². The largest absolute Gasteiger partial charge is 0.339 e. The van der Waals surface area contributed by atoms with Crippen molar-refractivity contribution >= 4 is 28.0 Å². The van der Waals surface area contributed by atoms with Gasteiger partial charge >= 0.3 is 0 Å². The molecule has 2 fully saturated rings. The highest BCUT2D eigenvalue weighted by Crippen LogP contribution is 2.39. The van der Waals surface area contributed by atoms with Gasteiger partial charge in [0.15, 0.2) is 5.65 Å². The zero-order valence-electron chi connectivity index (χ0n) is 26.0. The minimum absolute atomic E-state index is 0.0633. The van der Waals surface area contributed by atoms with Crippen LogP contribution in [0.3, 0.4) is 0 Å². The fourth-order valence-corrected chi connectivity index (χ4v) is 7.25. The second-order valence-electron chi connectivity index (χ2n) is 13.1. The molecule has 1 aromatic carbocycles. The van der Waals surface area contributed by atoms with E-state index in [0.29, 0.717) is 18.0 Å². The molecule has 0 spiro atoms. The number of nitrogens with two attached hydrogens (primary N) is 1. The van der Waals surface area contributed by atoms with Crippen molar-refractivity contribution in [1.82, 2.24) is 33.7 Å². The van der Waals surface area contributed by atoms with Crippen LogP contribution in [0.25, 0.3) is 44.6 Å². The van der Waals surface area contributed by atoms with E-state index in [2.05, 4.69) is 58.1 Å². The maximum absolute atomic E-state index is 15.8. The highest BCUT2D eigenvalue weighted by Gasteiger charge is 2.39. The Morgan fingerprint density at radius 1 is 1.07 bits per heavy atom. The van der Waals surface area contributed by atoms with Crippen molar-refractivity contribution < 1.29 is 9.18 Å². The van der Waals surface area contributed by atoms with Crippen LogP contribution in [0.1, 0.15) is 54.9 Å². The van der Waals surface area contributed by atoms with Gasteiger partial charge in [0, 0.05) is 54.0 Å². The summed E-state index contributed by atoms with van der Waals surface area (Å²) in [6, 6.07) is 14.0. The maximum atomic E-state index is 15.8. The first-order valence-electron chi connectivity index (χ1n) is 15.9. The molecule has 1 aliphatic heterocycles. The summed E-state index contributed by atoms with van der Waals surface area (Å²) in [5.41, 5.74) is 13.6. The molecule has 5 aromatic heterocycles. The molecule has 9 nitrogen and oxygen atoms in total. The lowest BCUT2D eigenvalue weighted by Crippen LogP contribution is -2.42. The molecule has 1 aliphatic carbocycles. The van der Waals surface area contributed by atoms with E-state index >= 15 is 4.39 Å². The summed E-state index contributed by atoms with van der Waals surface area (Å²) in [6.45, 7) is 9.39. The predicted octanol–water partition coefficient (Wildman–Crippen LogP) is 6.03. The summed E-state index contributed by atoms with van der Waals surface area (Å²) in [5, 5.41) is 14.5. The van der Waals surface area contributed by atoms with Crippen LogP contribution in [0, 0.1) is 31.5 Å². The van der Waals surface area contributed by atoms with Gasteiger partial charge in [0.2, 0.25) is 0 Å². The van der Waals surface area contributed by atoms with Gasteiger partial charge in [-0.05, 0) is 86.4 Å². The Bertz CT molecular complexity index is 2140. The van der Waals surface area contributed by atoms with E-state index in [1.807, 2.05) is 31.4 Å². The first-order chi connectivity index (χ1) is 21.7. The predicted molar refractivity (Wildman–Crippen MR) is 173 cm³/mol. The number of aryl methyl sites for hydroxylation is 2. The molecule has 6 heterocycles. The molecular formula is C35H37FN8O. The van der Waals surface area contributed by atoms with Gasteiger partial charge in [-0.25, -0.2) is 8.91 Å². The quantitative estimate of drug-likeness (QED) is 0.250. The van der Waals surface area contributed by atoms with Crippen molar-refractivity contribution in [2.45, 2.75) is 65.6 Å². The first kappa shape index (κ1) is 27.9. The van der Waals surface area contributed by atoms with Gasteiger partial charge in [-0.15, -0.1) is 10.2 Å². The second-order valence-corrected chi connectivity index (χ2v) is 13.1. The smallest absolute Gasteiger partial charge is 0.255 e. The van der Waals surface area contributed by atoms with Crippen LogP contribution in [0.4, 0.5) is 4.39 Å². The van der Waals surface area contributed by atoms with Crippen LogP contribution in [0.5, 0.6) is 0 Å². The van der Waals surface area contributed by atoms with Crippen molar-refractivity contribution in [2.24, 2.45) is 17.6 Å². The molecule has 8 rings (SSSR count). The molecule has 2 aliphatic rings. The van der Waals surface area contributed by atoms with Gasteiger partial charge in [-0.1, -0.05) is 26.0 Å². The van der Waals surface area contributed by atoms with Gasteiger partial charge in [0.25, 0.3) is 5.91 Å². The number of aromatic nitrogens is 6. The Kier molecular flexibility index (Phi) is 6.36. The molecule has 10 heteroatoms. The van der Waals surface area contributed by atoms with Crippen molar-refractivity contribution in [2.75, 3.05) is 6.54 Å². The van der Waals surface area contributed by atoms with Crippen molar-refractivity contribution in [1.29, 1.82) is 0 Å². The van der Waals surface area contributed by atoms with E-state index in [0.717, 1.165) is 63.4 Å². The second kappa shape index (κ2) is 10.2. The monoisotopic (exact) mass is 604 g/mol. The van der Waals surface area contributed by atoms with Crippen molar-refractivity contribution in [3.63, 3.8) is 0 Å². The van der Waals surface area contributed by atoms with E-state index in [-0.39, 0.29) is 29.5 Å². The molecule has 3 atom stereocenters. The first-order valence-corrected chi connectivity index (χ1v) is 15.9. The van der Waals surface area contributed by atoms with Crippen LogP contribution in [-0.4, -0.2) is 58.2 Å². The van der Waals surface area contributed by atoms with Crippen LogP contribution in [0.15, 0.2) is 54.9 Å². The fourth-order valence-electron chi connectivity index (χ4n) is 7.25. The number of rotatable bonds is 6. The molecule has 0 radical (unpaired) electrons. The third kappa shape index (κ3) is 4.45. The molecular weight excluding hydrogens is 567 g/mol. The number of amides is 1. The standard InChI is InChI=1S/C35H37FN8O/c1-5-28-32(37)19(2)16-43(28)35(45)26-12-27(36)34-20(3)33(40-44(34)18-26)30-14-25-9-8-23(13-29(25)42(30)17-22-6-7-22)24-10-11-41-21(4)38-39-31(41)15-24/h8-15,18-19,22,28,32H,5-7,16-17,37H2,1-4H3/t19?,28?,32-/m1/s1. The number of hydrogen-bond donors (Lipinski definition) is 1. The van der Waals surface area contributed by atoms with Gasteiger partial charge in [0.05, 0.1) is 11.3 Å². The number of carbonyl (C=O) groups is 1. The third-order valence-corrected chi connectivity index (χ3v) is 10.0. The highest BCUT2D eigenvalue weighted by molar-refractivity contribution is 5.95. The summed E-state index contributed by atoms with van der Waals surface area (Å²) in [4.78, 5) is 15.4. The topological polar surface area (TPSA) is 98.7 Å². The van der Waals surface area contributed by atoms with Crippen LogP contribution >= 0.6 is 0 Å². The Hall–Kier alpha value is -4.57. The summed E-state index contributed by atoms with van der Waals surface area (Å²) < 4.78 is 21.7. The van der Waals surface area contributed by atoms with Crippen LogP contribution in [0.2, 0.25) is 0 Å². The molecule has 230 valence electrons. The Labute approximate surface area is 260 Å². The minimum Gasteiger partial charge on any atom is -0.339 e. The number of hydrogen-bond acceptors (Lipinski definition) is 5. The van der Waals surface area contributed by atoms with E-state index in [4.69, 9.17) is 10.8 Å².